The summed E-state index contributed by atoms with van der Waals surface area (Å²) >= 11 is 0. The SMILES string of the molecule is N#Cc1ccc(NC(=O)C(O)(Cc2ccccc2)C2CCCC(C(F)(F)F)C2)cc1C(F)(F)F. The molecule has 0 spiro atoms. The largest absolute Gasteiger partial charge is 0.417 e. The van der Waals surface area contributed by atoms with Crippen molar-refractivity contribution >= 4 is 11.6 Å². The molecule has 2 N–H and O–H groups in total. The minimum atomic E-state index is -4.87. The van der Waals surface area contributed by atoms with Gasteiger partial charge in [0, 0.05) is 12.1 Å². The number of rotatable bonds is 5. The molecular weight excluding hydrogens is 462 g/mol. The zero-order valence-electron chi connectivity index (χ0n) is 17.9. The summed E-state index contributed by atoms with van der Waals surface area (Å²) in [6.07, 6.45) is -9.95. The van der Waals surface area contributed by atoms with Crippen LogP contribution in [0.1, 0.15) is 42.4 Å². The molecule has 1 saturated carbocycles. The number of benzene rings is 2. The van der Waals surface area contributed by atoms with Gasteiger partial charge in [0.15, 0.2) is 0 Å². The van der Waals surface area contributed by atoms with Crippen LogP contribution in [0.5, 0.6) is 0 Å². The third-order valence-corrected chi connectivity index (χ3v) is 6.23. The van der Waals surface area contributed by atoms with E-state index in [-0.39, 0.29) is 31.4 Å². The summed E-state index contributed by atoms with van der Waals surface area (Å²) in [4.78, 5) is 13.2. The second-order valence-corrected chi connectivity index (χ2v) is 8.51. The number of nitriles is 1. The standard InChI is InChI=1S/C24H22F6N2O2/c25-23(26,27)18-8-4-7-17(11-18)22(34,13-15-5-2-1-3-6-15)21(33)32-19-10-9-16(14-31)20(12-19)24(28,29)30/h1-3,5-6,9-10,12,17-18,34H,4,7-8,11,13H2,(H,32,33). The van der Waals surface area contributed by atoms with Crippen molar-refractivity contribution in [3.63, 3.8) is 0 Å². The predicted octanol–water partition coefficient (Wildman–Crippen LogP) is 5.86. The average molecular weight is 484 g/mol. The highest BCUT2D eigenvalue weighted by molar-refractivity contribution is 5.97. The number of aliphatic hydroxyl groups is 1. The van der Waals surface area contributed by atoms with Gasteiger partial charge in [-0.2, -0.15) is 31.6 Å². The van der Waals surface area contributed by atoms with Crippen LogP contribution in [0.3, 0.4) is 0 Å². The van der Waals surface area contributed by atoms with E-state index in [0.717, 1.165) is 12.1 Å². The van der Waals surface area contributed by atoms with Crippen molar-refractivity contribution in [1.29, 1.82) is 5.26 Å². The Morgan fingerprint density at radius 3 is 2.26 bits per heavy atom. The van der Waals surface area contributed by atoms with Crippen LogP contribution in [0.2, 0.25) is 0 Å². The van der Waals surface area contributed by atoms with E-state index in [1.807, 2.05) is 0 Å². The van der Waals surface area contributed by atoms with Gasteiger partial charge in [0.25, 0.3) is 5.91 Å². The fourth-order valence-electron chi connectivity index (χ4n) is 4.43. The van der Waals surface area contributed by atoms with Crippen LogP contribution in [0.15, 0.2) is 48.5 Å². The van der Waals surface area contributed by atoms with Crippen molar-refractivity contribution in [2.24, 2.45) is 11.8 Å². The Morgan fingerprint density at radius 1 is 1.03 bits per heavy atom. The third kappa shape index (κ3) is 5.70. The minimum Gasteiger partial charge on any atom is -0.379 e. The van der Waals surface area contributed by atoms with Gasteiger partial charge in [-0.25, -0.2) is 0 Å². The molecule has 0 aliphatic heterocycles. The Labute approximate surface area is 192 Å². The molecule has 1 fully saturated rings. The summed E-state index contributed by atoms with van der Waals surface area (Å²) in [5.41, 5.74) is -4.05. The lowest BCUT2D eigenvalue weighted by Crippen LogP contribution is -2.53. The molecule has 182 valence electrons. The van der Waals surface area contributed by atoms with E-state index in [0.29, 0.717) is 11.6 Å². The maximum Gasteiger partial charge on any atom is 0.417 e. The van der Waals surface area contributed by atoms with Crippen molar-refractivity contribution in [1.82, 2.24) is 0 Å². The van der Waals surface area contributed by atoms with Gasteiger partial charge >= 0.3 is 12.4 Å². The van der Waals surface area contributed by atoms with E-state index in [1.54, 1.807) is 30.3 Å². The summed E-state index contributed by atoms with van der Waals surface area (Å²) in [7, 11) is 0. The first kappa shape index (κ1) is 25.6. The Bertz CT molecular complexity index is 1060. The molecule has 0 radical (unpaired) electrons. The minimum absolute atomic E-state index is 0.117. The van der Waals surface area contributed by atoms with Crippen LogP contribution < -0.4 is 5.32 Å². The molecule has 0 aromatic heterocycles. The van der Waals surface area contributed by atoms with Crippen LogP contribution in [0, 0.1) is 23.2 Å². The maximum absolute atomic E-state index is 13.4. The number of nitrogens with zero attached hydrogens (tertiary/aromatic N) is 1. The molecule has 1 aliphatic rings. The van der Waals surface area contributed by atoms with E-state index in [4.69, 9.17) is 5.26 Å². The van der Waals surface area contributed by atoms with Crippen molar-refractivity contribution in [3.8, 4) is 6.07 Å². The number of halogens is 6. The molecule has 1 amide bonds. The number of amides is 1. The summed E-state index contributed by atoms with van der Waals surface area (Å²) in [6.45, 7) is 0. The topological polar surface area (TPSA) is 73.1 Å². The van der Waals surface area contributed by atoms with Crippen molar-refractivity contribution in [3.05, 3.63) is 65.2 Å². The number of carbonyl (C=O) groups is 1. The van der Waals surface area contributed by atoms with Crippen molar-refractivity contribution in [2.45, 2.75) is 50.1 Å². The number of hydrogen-bond donors (Lipinski definition) is 2. The molecule has 10 heteroatoms. The van der Waals surface area contributed by atoms with Gasteiger partial charge < -0.3 is 10.4 Å². The predicted molar refractivity (Wildman–Crippen MR) is 111 cm³/mol. The molecule has 2 aromatic rings. The van der Waals surface area contributed by atoms with E-state index in [9.17, 15) is 36.2 Å². The van der Waals surface area contributed by atoms with Gasteiger partial charge in [0.1, 0.15) is 5.60 Å². The summed E-state index contributed by atoms with van der Waals surface area (Å²) < 4.78 is 80.1. The van der Waals surface area contributed by atoms with E-state index in [1.165, 1.54) is 6.07 Å². The van der Waals surface area contributed by atoms with Gasteiger partial charge in [-0.05, 0) is 48.9 Å². The normalized spacial score (nSPS) is 20.8. The first-order valence-corrected chi connectivity index (χ1v) is 10.6. The monoisotopic (exact) mass is 484 g/mol. The van der Waals surface area contributed by atoms with Gasteiger partial charge in [0.2, 0.25) is 0 Å². The van der Waals surface area contributed by atoms with Crippen LogP contribution in [0.4, 0.5) is 32.0 Å². The van der Waals surface area contributed by atoms with Crippen LogP contribution >= 0.6 is 0 Å². The van der Waals surface area contributed by atoms with Gasteiger partial charge in [-0.15, -0.1) is 0 Å². The highest BCUT2D eigenvalue weighted by atomic mass is 19.4. The first-order chi connectivity index (χ1) is 15.8. The van der Waals surface area contributed by atoms with Crippen LogP contribution in [-0.2, 0) is 17.4 Å². The lowest BCUT2D eigenvalue weighted by atomic mass is 9.70. The quantitative estimate of drug-likeness (QED) is 0.523. The second-order valence-electron chi connectivity index (χ2n) is 8.51. The fourth-order valence-corrected chi connectivity index (χ4v) is 4.43. The highest BCUT2D eigenvalue weighted by Gasteiger charge is 2.50. The maximum atomic E-state index is 13.4. The van der Waals surface area contributed by atoms with Crippen molar-refractivity contribution in [2.75, 3.05) is 5.32 Å². The molecule has 4 nitrogen and oxygen atoms in total. The molecule has 0 saturated heterocycles. The molecule has 1 aliphatic carbocycles. The summed E-state index contributed by atoms with van der Waals surface area (Å²) in [6, 6.07) is 12.1. The van der Waals surface area contributed by atoms with Crippen LogP contribution in [0.25, 0.3) is 0 Å². The molecule has 34 heavy (non-hydrogen) atoms. The number of carbonyl (C=O) groups excluding carboxylic acids is 1. The Balaban J connectivity index is 1.95. The molecule has 0 heterocycles. The Morgan fingerprint density at radius 2 is 1.68 bits per heavy atom. The zero-order chi connectivity index (χ0) is 25.1. The van der Waals surface area contributed by atoms with E-state index < -0.39 is 53.2 Å². The number of alkyl halides is 6. The first-order valence-electron chi connectivity index (χ1n) is 10.6. The summed E-state index contributed by atoms with van der Waals surface area (Å²) in [5.74, 6) is -3.84. The van der Waals surface area contributed by atoms with E-state index >= 15 is 0 Å². The lowest BCUT2D eigenvalue weighted by Gasteiger charge is -2.40. The highest BCUT2D eigenvalue weighted by Crippen LogP contribution is 2.44. The van der Waals surface area contributed by atoms with Gasteiger partial charge in [-0.1, -0.05) is 36.8 Å². The fraction of sp³-hybridized carbons (Fsp3) is 0.417. The number of anilines is 1. The molecule has 0 bridgehead atoms. The Kier molecular flexibility index (Phi) is 7.26. The average Bonchev–Trinajstić information content (AvgIpc) is 2.78. The van der Waals surface area contributed by atoms with E-state index in [2.05, 4.69) is 5.32 Å². The zero-order valence-corrected chi connectivity index (χ0v) is 17.9. The molecule has 3 unspecified atom stereocenters. The number of nitrogens with one attached hydrogen (secondary N) is 1. The molecular formula is C24H22F6N2O2. The summed E-state index contributed by atoms with van der Waals surface area (Å²) in [5, 5.41) is 22.7. The lowest BCUT2D eigenvalue weighted by molar-refractivity contribution is -0.194. The molecule has 3 rings (SSSR count). The molecule has 3 atom stereocenters. The number of hydrogen-bond acceptors (Lipinski definition) is 3. The van der Waals surface area contributed by atoms with Crippen molar-refractivity contribution < 1.29 is 36.2 Å². The molecule has 2 aromatic carbocycles. The Hall–Kier alpha value is -3.06. The third-order valence-electron chi connectivity index (χ3n) is 6.23. The smallest absolute Gasteiger partial charge is 0.379 e. The van der Waals surface area contributed by atoms with Gasteiger partial charge in [0.05, 0.1) is 23.1 Å². The second kappa shape index (κ2) is 9.66. The van der Waals surface area contributed by atoms with Crippen LogP contribution in [-0.4, -0.2) is 22.8 Å². The van der Waals surface area contributed by atoms with Gasteiger partial charge in [-0.3, -0.25) is 4.79 Å².